The van der Waals surface area contributed by atoms with E-state index in [0.717, 1.165) is 27.5 Å². The average Bonchev–Trinajstić information content (AvgIpc) is 2.63. The summed E-state index contributed by atoms with van der Waals surface area (Å²) in [4.78, 5) is 13.3. The minimum atomic E-state index is -0.118. The minimum Gasteiger partial charge on any atom is -0.354 e. The van der Waals surface area contributed by atoms with Gasteiger partial charge in [0.2, 0.25) is 5.91 Å². The van der Waals surface area contributed by atoms with E-state index in [0.29, 0.717) is 6.54 Å². The third-order valence-corrected chi connectivity index (χ3v) is 5.76. The van der Waals surface area contributed by atoms with Gasteiger partial charge < -0.3 is 5.32 Å². The molecule has 25 heavy (non-hydrogen) atoms. The van der Waals surface area contributed by atoms with Crippen LogP contribution in [0.4, 0.5) is 0 Å². The normalized spacial score (nSPS) is 11.6. The number of nitrogens with zero attached hydrogens (tertiary/aromatic N) is 1. The molecular weight excluding hydrogens is 348 g/mol. The summed E-state index contributed by atoms with van der Waals surface area (Å²) in [6, 6.07) is 18.1. The standard InChI is InChI=1S/C20H22N2OS2/c1-15-7-9-19(10-8-15)25-16(2)20(23)22-11-12-24-14-18-6-4-3-5-17(18)13-21/h3-10,16H,11-12,14H2,1-2H3,(H,22,23). The van der Waals surface area contributed by atoms with Crippen LogP contribution >= 0.6 is 23.5 Å². The molecule has 0 saturated carbocycles. The Balaban J connectivity index is 1.68. The van der Waals surface area contributed by atoms with Gasteiger partial charge in [0.15, 0.2) is 0 Å². The number of nitrogens with one attached hydrogen (secondary N) is 1. The van der Waals surface area contributed by atoms with Gasteiger partial charge in [-0.05, 0) is 37.6 Å². The van der Waals surface area contributed by atoms with Crippen LogP contribution in [0.15, 0.2) is 53.4 Å². The monoisotopic (exact) mass is 370 g/mol. The number of benzene rings is 2. The molecule has 1 atom stereocenters. The molecule has 0 bridgehead atoms. The summed E-state index contributed by atoms with van der Waals surface area (Å²) >= 11 is 3.29. The van der Waals surface area contributed by atoms with E-state index in [1.807, 2.05) is 43.3 Å². The van der Waals surface area contributed by atoms with Crippen molar-refractivity contribution in [2.45, 2.75) is 29.7 Å². The van der Waals surface area contributed by atoms with Gasteiger partial charge in [0.05, 0.1) is 16.9 Å². The number of carbonyl (C=O) groups is 1. The molecular formula is C20H22N2OS2. The first-order chi connectivity index (χ1) is 12.1. The van der Waals surface area contributed by atoms with E-state index in [-0.39, 0.29) is 11.2 Å². The third-order valence-electron chi connectivity index (χ3n) is 3.64. The lowest BCUT2D eigenvalue weighted by Crippen LogP contribution is -2.32. The topological polar surface area (TPSA) is 52.9 Å². The second-order valence-corrected chi connectivity index (χ2v) is 8.21. The number of carbonyl (C=O) groups excluding carboxylic acids is 1. The quantitative estimate of drug-likeness (QED) is 0.553. The number of thioether (sulfide) groups is 2. The average molecular weight is 371 g/mol. The molecule has 0 aromatic heterocycles. The Kier molecular flexibility index (Phi) is 7.90. The van der Waals surface area contributed by atoms with E-state index in [1.54, 1.807) is 23.5 Å². The third kappa shape index (κ3) is 6.49. The fourth-order valence-corrected chi connectivity index (χ4v) is 3.96. The molecule has 1 amide bonds. The van der Waals surface area contributed by atoms with Gasteiger partial charge in [-0.1, -0.05) is 35.9 Å². The predicted molar refractivity (Wildman–Crippen MR) is 107 cm³/mol. The highest BCUT2D eigenvalue weighted by atomic mass is 32.2. The second kappa shape index (κ2) is 10.2. The molecule has 0 aliphatic heterocycles. The Morgan fingerprint density at radius 1 is 1.20 bits per heavy atom. The van der Waals surface area contributed by atoms with Crippen molar-refractivity contribution in [1.82, 2.24) is 5.32 Å². The Morgan fingerprint density at radius 3 is 2.64 bits per heavy atom. The van der Waals surface area contributed by atoms with Crippen LogP contribution in [0.5, 0.6) is 0 Å². The van der Waals surface area contributed by atoms with Gasteiger partial charge in [0.25, 0.3) is 0 Å². The maximum Gasteiger partial charge on any atom is 0.233 e. The zero-order valence-electron chi connectivity index (χ0n) is 14.5. The minimum absolute atomic E-state index is 0.0589. The summed E-state index contributed by atoms with van der Waals surface area (Å²) in [7, 11) is 0. The lowest BCUT2D eigenvalue weighted by Gasteiger charge is -2.12. The molecule has 0 saturated heterocycles. The van der Waals surface area contributed by atoms with Gasteiger partial charge >= 0.3 is 0 Å². The molecule has 2 aromatic rings. The molecule has 0 aliphatic rings. The largest absolute Gasteiger partial charge is 0.354 e. The second-order valence-electron chi connectivity index (χ2n) is 5.69. The molecule has 2 aromatic carbocycles. The van der Waals surface area contributed by atoms with E-state index in [2.05, 4.69) is 30.4 Å². The van der Waals surface area contributed by atoms with Crippen LogP contribution in [0, 0.1) is 18.3 Å². The van der Waals surface area contributed by atoms with Crippen LogP contribution in [0.1, 0.15) is 23.6 Å². The van der Waals surface area contributed by atoms with Gasteiger partial charge in [-0.25, -0.2) is 0 Å². The molecule has 3 nitrogen and oxygen atoms in total. The zero-order chi connectivity index (χ0) is 18.1. The predicted octanol–water partition coefficient (Wildman–Crippen LogP) is 4.40. The van der Waals surface area contributed by atoms with Crippen molar-refractivity contribution in [3.05, 3.63) is 65.2 Å². The van der Waals surface area contributed by atoms with E-state index >= 15 is 0 Å². The van der Waals surface area contributed by atoms with Crippen LogP contribution in [0.25, 0.3) is 0 Å². The number of nitriles is 1. The molecule has 0 spiro atoms. The highest BCUT2D eigenvalue weighted by Gasteiger charge is 2.13. The molecule has 0 aliphatic carbocycles. The maximum absolute atomic E-state index is 12.2. The molecule has 130 valence electrons. The number of hydrogen-bond acceptors (Lipinski definition) is 4. The molecule has 1 N–H and O–H groups in total. The van der Waals surface area contributed by atoms with Crippen molar-refractivity contribution in [3.8, 4) is 6.07 Å². The number of amides is 1. The van der Waals surface area contributed by atoms with Crippen LogP contribution < -0.4 is 5.32 Å². The molecule has 0 radical (unpaired) electrons. The lowest BCUT2D eigenvalue weighted by atomic mass is 10.1. The molecule has 0 heterocycles. The summed E-state index contributed by atoms with van der Waals surface area (Å²) in [6.45, 7) is 4.62. The SMILES string of the molecule is Cc1ccc(SC(C)C(=O)NCCSCc2ccccc2C#N)cc1. The van der Waals surface area contributed by atoms with Gasteiger partial charge in [-0.3, -0.25) is 4.79 Å². The van der Waals surface area contributed by atoms with Crippen LogP contribution in [0.2, 0.25) is 0 Å². The molecule has 2 rings (SSSR count). The van der Waals surface area contributed by atoms with Crippen molar-refractivity contribution in [2.75, 3.05) is 12.3 Å². The first kappa shape index (κ1) is 19.4. The summed E-state index contributed by atoms with van der Waals surface area (Å²) in [6.07, 6.45) is 0. The number of rotatable bonds is 8. The van der Waals surface area contributed by atoms with E-state index in [9.17, 15) is 4.79 Å². The van der Waals surface area contributed by atoms with Crippen molar-refractivity contribution in [3.63, 3.8) is 0 Å². The van der Waals surface area contributed by atoms with Crippen molar-refractivity contribution >= 4 is 29.4 Å². The van der Waals surface area contributed by atoms with E-state index in [1.165, 1.54) is 5.56 Å². The Labute approximate surface area is 158 Å². The highest BCUT2D eigenvalue weighted by molar-refractivity contribution is 8.00. The Morgan fingerprint density at radius 2 is 1.92 bits per heavy atom. The molecule has 5 heteroatoms. The fourth-order valence-electron chi connectivity index (χ4n) is 2.20. The molecule has 0 fully saturated rings. The highest BCUT2D eigenvalue weighted by Crippen LogP contribution is 2.23. The van der Waals surface area contributed by atoms with Crippen molar-refractivity contribution < 1.29 is 4.79 Å². The summed E-state index contributed by atoms with van der Waals surface area (Å²) < 4.78 is 0. The zero-order valence-corrected chi connectivity index (χ0v) is 16.1. The van der Waals surface area contributed by atoms with Crippen molar-refractivity contribution in [2.24, 2.45) is 0 Å². The Bertz CT molecular complexity index is 738. The number of aryl methyl sites for hydroxylation is 1. The van der Waals surface area contributed by atoms with E-state index in [4.69, 9.17) is 5.26 Å². The summed E-state index contributed by atoms with van der Waals surface area (Å²) in [5, 5.41) is 11.9. The first-order valence-electron chi connectivity index (χ1n) is 8.17. The first-order valence-corrected chi connectivity index (χ1v) is 10.2. The van der Waals surface area contributed by atoms with E-state index < -0.39 is 0 Å². The fraction of sp³-hybridized carbons (Fsp3) is 0.300. The van der Waals surface area contributed by atoms with Crippen molar-refractivity contribution in [1.29, 1.82) is 5.26 Å². The van der Waals surface area contributed by atoms with Crippen LogP contribution in [0.3, 0.4) is 0 Å². The van der Waals surface area contributed by atoms with Gasteiger partial charge in [0.1, 0.15) is 0 Å². The van der Waals surface area contributed by atoms with Gasteiger partial charge in [0, 0.05) is 22.9 Å². The lowest BCUT2D eigenvalue weighted by molar-refractivity contribution is -0.120. The summed E-state index contributed by atoms with van der Waals surface area (Å²) in [5.41, 5.74) is 2.99. The maximum atomic E-state index is 12.2. The summed E-state index contributed by atoms with van der Waals surface area (Å²) in [5.74, 6) is 1.67. The Hall–Kier alpha value is -1.90. The number of hydrogen-bond donors (Lipinski definition) is 1. The van der Waals surface area contributed by atoms with Crippen LogP contribution in [-0.2, 0) is 10.5 Å². The van der Waals surface area contributed by atoms with Crippen LogP contribution in [-0.4, -0.2) is 23.5 Å². The molecule has 1 unspecified atom stereocenters. The van der Waals surface area contributed by atoms with Gasteiger partial charge in [-0.2, -0.15) is 17.0 Å². The smallest absolute Gasteiger partial charge is 0.233 e. The van der Waals surface area contributed by atoms with Gasteiger partial charge in [-0.15, -0.1) is 11.8 Å².